The Kier molecular flexibility index (Phi) is 4.47. The molecule has 0 amide bonds. The van der Waals surface area contributed by atoms with Crippen LogP contribution in [0, 0.1) is 11.6 Å². The lowest BCUT2D eigenvalue weighted by atomic mass is 10.2. The van der Waals surface area contributed by atoms with Crippen LogP contribution in [0.1, 0.15) is 11.1 Å². The molecule has 0 spiro atoms. The van der Waals surface area contributed by atoms with Crippen molar-refractivity contribution >= 4 is 17.8 Å². The van der Waals surface area contributed by atoms with Gasteiger partial charge in [-0.2, -0.15) is 0 Å². The highest BCUT2D eigenvalue weighted by Crippen LogP contribution is 2.12. The number of nitrogens with zero attached hydrogens (tertiary/aromatic N) is 1. The zero-order valence-corrected chi connectivity index (χ0v) is 10.5. The largest absolute Gasteiger partial charge is 0.390 e. The predicted octanol–water partition coefficient (Wildman–Crippen LogP) is 4.05. The van der Waals surface area contributed by atoms with Gasteiger partial charge in [0.05, 0.1) is 0 Å². The highest BCUT2D eigenvalue weighted by molar-refractivity contribution is 6.30. The van der Waals surface area contributed by atoms with Crippen LogP contribution in [0.4, 0.5) is 8.78 Å². The van der Waals surface area contributed by atoms with Crippen LogP contribution in [0.3, 0.4) is 0 Å². The summed E-state index contributed by atoms with van der Waals surface area (Å²) in [6.07, 6.45) is 2.59. The lowest BCUT2D eigenvalue weighted by Gasteiger charge is -2.01. The van der Waals surface area contributed by atoms with Crippen molar-refractivity contribution in [3.05, 3.63) is 70.2 Å². The second kappa shape index (κ2) is 6.29. The summed E-state index contributed by atoms with van der Waals surface area (Å²) >= 11 is 5.78. The van der Waals surface area contributed by atoms with E-state index < -0.39 is 11.6 Å². The average Bonchev–Trinajstić information content (AvgIpc) is 2.39. The number of halogens is 3. The van der Waals surface area contributed by atoms with E-state index in [-0.39, 0.29) is 12.2 Å². The van der Waals surface area contributed by atoms with Gasteiger partial charge in [0.25, 0.3) is 0 Å². The lowest BCUT2D eigenvalue weighted by molar-refractivity contribution is 0.129. The van der Waals surface area contributed by atoms with E-state index in [0.29, 0.717) is 10.6 Å². The standard InChI is InChI=1S/C14H9ClF2NO/c15-12-5-1-3-10(7-12)8-18-19-9-11-4-2-6-13(16)14(11)17/h1-7H,9H2. The molecule has 0 saturated carbocycles. The second-order valence-electron chi connectivity index (χ2n) is 3.70. The minimum atomic E-state index is -0.930. The Morgan fingerprint density at radius 2 is 1.95 bits per heavy atom. The molecule has 5 heteroatoms. The molecule has 0 heterocycles. The lowest BCUT2D eigenvalue weighted by Crippen LogP contribution is -1.95. The third kappa shape index (κ3) is 3.76. The molecule has 0 atom stereocenters. The highest BCUT2D eigenvalue weighted by Gasteiger charge is 2.07. The first-order valence-electron chi connectivity index (χ1n) is 5.43. The van der Waals surface area contributed by atoms with Crippen molar-refractivity contribution in [2.45, 2.75) is 6.61 Å². The molecule has 0 aromatic heterocycles. The van der Waals surface area contributed by atoms with Crippen molar-refractivity contribution in [2.24, 2.45) is 5.16 Å². The first kappa shape index (κ1) is 13.5. The zero-order chi connectivity index (χ0) is 13.7. The van der Waals surface area contributed by atoms with Crippen molar-refractivity contribution in [2.75, 3.05) is 0 Å². The van der Waals surface area contributed by atoms with Gasteiger partial charge in [-0.05, 0) is 18.2 Å². The third-order valence-corrected chi connectivity index (χ3v) is 2.55. The maximum absolute atomic E-state index is 13.3. The quantitative estimate of drug-likeness (QED) is 0.612. The van der Waals surface area contributed by atoms with Gasteiger partial charge in [-0.1, -0.05) is 41.0 Å². The minimum absolute atomic E-state index is 0.0941. The molecule has 0 aliphatic carbocycles. The summed E-state index contributed by atoms with van der Waals surface area (Å²) in [5, 5.41) is 4.10. The molecular weight excluding hydrogens is 272 g/mol. The molecule has 0 aliphatic heterocycles. The molecule has 0 N–H and O–H groups in total. The number of hydrogen-bond acceptors (Lipinski definition) is 2. The molecule has 0 unspecified atom stereocenters. The average molecular weight is 281 g/mol. The van der Waals surface area contributed by atoms with Gasteiger partial charge in [0.2, 0.25) is 0 Å². The molecular formula is C14H9ClF2NO. The van der Waals surface area contributed by atoms with Crippen LogP contribution in [-0.4, -0.2) is 6.21 Å². The van der Waals surface area contributed by atoms with E-state index in [0.717, 1.165) is 6.07 Å². The summed E-state index contributed by atoms with van der Waals surface area (Å²) in [6.45, 7) is -0.169. The molecule has 0 fully saturated rings. The molecule has 19 heavy (non-hydrogen) atoms. The SMILES string of the molecule is Fc1cccc(CO/N=[C]\c2cccc(Cl)c2)c1F. The minimum Gasteiger partial charge on any atom is -0.390 e. The van der Waals surface area contributed by atoms with Gasteiger partial charge in [0, 0.05) is 16.1 Å². The predicted molar refractivity (Wildman–Crippen MR) is 69.1 cm³/mol. The van der Waals surface area contributed by atoms with Crippen LogP contribution < -0.4 is 0 Å². The topological polar surface area (TPSA) is 21.6 Å². The zero-order valence-electron chi connectivity index (χ0n) is 9.74. The van der Waals surface area contributed by atoms with Gasteiger partial charge in [-0.3, -0.25) is 0 Å². The summed E-state index contributed by atoms with van der Waals surface area (Å²) in [7, 11) is 0. The first-order chi connectivity index (χ1) is 9.16. The van der Waals surface area contributed by atoms with Crippen LogP contribution in [0.15, 0.2) is 47.6 Å². The Balaban J connectivity index is 1.95. The summed E-state index contributed by atoms with van der Waals surface area (Å²) < 4.78 is 26.2. The number of hydrogen-bond donors (Lipinski definition) is 0. The Hall–Kier alpha value is -1.94. The molecule has 0 bridgehead atoms. The van der Waals surface area contributed by atoms with Gasteiger partial charge in [-0.25, -0.2) is 8.78 Å². The van der Waals surface area contributed by atoms with Crippen molar-refractivity contribution in [1.82, 2.24) is 0 Å². The van der Waals surface area contributed by atoms with Gasteiger partial charge >= 0.3 is 0 Å². The van der Waals surface area contributed by atoms with Crippen molar-refractivity contribution in [1.29, 1.82) is 0 Å². The van der Waals surface area contributed by atoms with Crippen molar-refractivity contribution in [3.8, 4) is 0 Å². The van der Waals surface area contributed by atoms with Gasteiger partial charge < -0.3 is 4.84 Å². The highest BCUT2D eigenvalue weighted by atomic mass is 35.5. The van der Waals surface area contributed by atoms with Gasteiger partial charge in [0.15, 0.2) is 11.6 Å². The van der Waals surface area contributed by atoms with E-state index in [4.69, 9.17) is 16.4 Å². The summed E-state index contributed by atoms with van der Waals surface area (Å²) in [4.78, 5) is 4.86. The van der Waals surface area contributed by atoms with Crippen LogP contribution in [-0.2, 0) is 11.4 Å². The summed E-state index contributed by atoms with van der Waals surface area (Å²) in [5.41, 5.74) is 0.726. The fourth-order valence-corrected chi connectivity index (χ4v) is 1.60. The molecule has 0 aliphatic rings. The Labute approximate surface area is 114 Å². The van der Waals surface area contributed by atoms with Gasteiger partial charge in [0.1, 0.15) is 12.8 Å². The Morgan fingerprint density at radius 3 is 2.74 bits per heavy atom. The summed E-state index contributed by atoms with van der Waals surface area (Å²) in [6, 6.07) is 10.7. The number of benzene rings is 2. The normalized spacial score (nSPS) is 10.9. The first-order valence-corrected chi connectivity index (χ1v) is 5.81. The third-order valence-electron chi connectivity index (χ3n) is 2.32. The van der Waals surface area contributed by atoms with E-state index in [1.54, 1.807) is 24.3 Å². The molecule has 2 nitrogen and oxygen atoms in total. The smallest absolute Gasteiger partial charge is 0.165 e. The monoisotopic (exact) mass is 280 g/mol. The van der Waals surface area contributed by atoms with Crippen LogP contribution in [0.5, 0.6) is 0 Å². The Bertz CT molecular complexity index is 602. The van der Waals surface area contributed by atoms with Crippen LogP contribution >= 0.6 is 11.6 Å². The van der Waals surface area contributed by atoms with Gasteiger partial charge in [-0.15, -0.1) is 0 Å². The van der Waals surface area contributed by atoms with E-state index in [1.807, 2.05) is 0 Å². The van der Waals surface area contributed by atoms with Crippen LogP contribution in [0.2, 0.25) is 5.02 Å². The maximum atomic E-state index is 13.3. The van der Waals surface area contributed by atoms with E-state index >= 15 is 0 Å². The molecule has 2 aromatic carbocycles. The van der Waals surface area contributed by atoms with E-state index in [1.165, 1.54) is 12.1 Å². The molecule has 1 radical (unpaired) electrons. The summed E-state index contributed by atoms with van der Waals surface area (Å²) in [5.74, 6) is -1.84. The maximum Gasteiger partial charge on any atom is 0.165 e. The molecule has 0 saturated heterocycles. The molecule has 97 valence electrons. The van der Waals surface area contributed by atoms with Crippen molar-refractivity contribution in [3.63, 3.8) is 0 Å². The van der Waals surface area contributed by atoms with Crippen LogP contribution in [0.25, 0.3) is 0 Å². The van der Waals surface area contributed by atoms with Crippen molar-refractivity contribution < 1.29 is 13.6 Å². The molecule has 2 rings (SSSR count). The fraction of sp³-hybridized carbons (Fsp3) is 0.0714. The Morgan fingerprint density at radius 1 is 1.16 bits per heavy atom. The molecule has 2 aromatic rings. The van der Waals surface area contributed by atoms with E-state index in [9.17, 15) is 8.78 Å². The fourth-order valence-electron chi connectivity index (χ4n) is 1.40. The number of rotatable bonds is 4. The second-order valence-corrected chi connectivity index (χ2v) is 4.14. The van der Waals surface area contributed by atoms with E-state index in [2.05, 4.69) is 11.4 Å².